The van der Waals surface area contributed by atoms with Crippen molar-refractivity contribution in [2.75, 3.05) is 6.54 Å². The van der Waals surface area contributed by atoms with Crippen molar-refractivity contribution in [3.63, 3.8) is 0 Å². The highest BCUT2D eigenvalue weighted by Gasteiger charge is 2.33. The Morgan fingerprint density at radius 1 is 1.50 bits per heavy atom. The third-order valence-corrected chi connectivity index (χ3v) is 4.57. The number of carbonyl (C=O) groups is 1. The molecule has 0 bridgehead atoms. The fourth-order valence-electron chi connectivity index (χ4n) is 2.68. The van der Waals surface area contributed by atoms with Crippen LogP contribution in [0.15, 0.2) is 16.8 Å². The van der Waals surface area contributed by atoms with Crippen LogP contribution >= 0.6 is 11.3 Å². The molecular formula is C16H26N2OS. The summed E-state index contributed by atoms with van der Waals surface area (Å²) < 4.78 is 0. The molecule has 1 fully saturated rings. The lowest BCUT2D eigenvalue weighted by atomic mass is 9.93. The normalized spacial score (nSPS) is 16.4. The number of carbonyl (C=O) groups excluding carboxylic acids is 1. The number of amides is 1. The van der Waals surface area contributed by atoms with Crippen LogP contribution in [0.2, 0.25) is 0 Å². The second-order valence-electron chi connectivity index (χ2n) is 6.32. The van der Waals surface area contributed by atoms with E-state index in [1.165, 1.54) is 5.56 Å². The Kier molecular flexibility index (Phi) is 5.61. The molecule has 0 aliphatic heterocycles. The maximum atomic E-state index is 12.6. The van der Waals surface area contributed by atoms with Crippen LogP contribution < -0.4 is 5.73 Å². The van der Waals surface area contributed by atoms with Crippen LogP contribution in [0.1, 0.15) is 45.1 Å². The highest BCUT2D eigenvalue weighted by atomic mass is 32.1. The highest BCUT2D eigenvalue weighted by molar-refractivity contribution is 7.07. The molecule has 3 nitrogen and oxygen atoms in total. The molecule has 1 unspecified atom stereocenters. The van der Waals surface area contributed by atoms with Crippen molar-refractivity contribution < 1.29 is 4.79 Å². The molecule has 1 aliphatic rings. The zero-order chi connectivity index (χ0) is 14.5. The molecule has 1 aromatic heterocycles. The summed E-state index contributed by atoms with van der Waals surface area (Å²) in [5.41, 5.74) is 7.08. The van der Waals surface area contributed by atoms with Crippen molar-refractivity contribution in [2.24, 2.45) is 17.6 Å². The molecular weight excluding hydrogens is 268 g/mol. The molecule has 2 rings (SSSR count). The summed E-state index contributed by atoms with van der Waals surface area (Å²) >= 11 is 1.69. The quantitative estimate of drug-likeness (QED) is 0.800. The molecule has 1 aromatic rings. The van der Waals surface area contributed by atoms with E-state index in [1.54, 1.807) is 11.3 Å². The summed E-state index contributed by atoms with van der Waals surface area (Å²) in [6.07, 6.45) is 3.97. The lowest BCUT2D eigenvalue weighted by molar-refractivity contribution is -0.133. The zero-order valence-corrected chi connectivity index (χ0v) is 13.4. The van der Waals surface area contributed by atoms with E-state index in [0.717, 1.165) is 25.8 Å². The minimum absolute atomic E-state index is 0.287. The van der Waals surface area contributed by atoms with E-state index in [0.29, 0.717) is 30.8 Å². The first kappa shape index (κ1) is 15.5. The number of thiophene rings is 1. The summed E-state index contributed by atoms with van der Waals surface area (Å²) in [5.74, 6) is 1.21. The number of rotatable bonds is 8. The fourth-order valence-corrected chi connectivity index (χ4v) is 3.34. The second kappa shape index (κ2) is 7.23. The Morgan fingerprint density at radius 2 is 2.25 bits per heavy atom. The van der Waals surface area contributed by atoms with E-state index in [1.807, 2.05) is 0 Å². The minimum atomic E-state index is 0.287. The molecule has 0 radical (unpaired) electrons. The van der Waals surface area contributed by atoms with Crippen LogP contribution in [-0.2, 0) is 11.3 Å². The lowest BCUT2D eigenvalue weighted by Gasteiger charge is -2.25. The smallest absolute Gasteiger partial charge is 0.223 e. The molecule has 0 aromatic carbocycles. The fraction of sp³-hybridized carbons (Fsp3) is 0.688. The van der Waals surface area contributed by atoms with Crippen molar-refractivity contribution in [1.29, 1.82) is 0 Å². The topological polar surface area (TPSA) is 46.3 Å². The van der Waals surface area contributed by atoms with Gasteiger partial charge in [-0.05, 0) is 60.0 Å². The van der Waals surface area contributed by atoms with Crippen LogP contribution in [0.3, 0.4) is 0 Å². The third-order valence-electron chi connectivity index (χ3n) is 3.84. The lowest BCUT2D eigenvalue weighted by Crippen LogP contribution is -2.35. The molecule has 4 heteroatoms. The van der Waals surface area contributed by atoms with Crippen molar-refractivity contribution >= 4 is 17.2 Å². The van der Waals surface area contributed by atoms with Crippen molar-refractivity contribution in [2.45, 2.75) is 52.1 Å². The summed E-state index contributed by atoms with van der Waals surface area (Å²) in [4.78, 5) is 14.6. The van der Waals surface area contributed by atoms with Crippen LogP contribution in [0.5, 0.6) is 0 Å². The predicted molar refractivity (Wildman–Crippen MR) is 84.5 cm³/mol. The van der Waals surface area contributed by atoms with Gasteiger partial charge in [0, 0.05) is 19.0 Å². The van der Waals surface area contributed by atoms with Crippen LogP contribution in [0, 0.1) is 11.8 Å². The average Bonchev–Trinajstić information content (AvgIpc) is 3.11. The zero-order valence-electron chi connectivity index (χ0n) is 12.5. The van der Waals surface area contributed by atoms with Gasteiger partial charge in [-0.3, -0.25) is 4.79 Å². The number of hydrogen-bond donors (Lipinski definition) is 1. The molecule has 0 spiro atoms. The van der Waals surface area contributed by atoms with E-state index in [-0.39, 0.29) is 5.91 Å². The van der Waals surface area contributed by atoms with Gasteiger partial charge in [-0.25, -0.2) is 0 Å². The minimum Gasteiger partial charge on any atom is -0.335 e. The van der Waals surface area contributed by atoms with E-state index in [4.69, 9.17) is 5.73 Å². The molecule has 2 N–H and O–H groups in total. The first-order chi connectivity index (χ1) is 9.60. The molecule has 1 amide bonds. The Bertz CT molecular complexity index is 412. The Hall–Kier alpha value is -0.870. The van der Waals surface area contributed by atoms with E-state index in [9.17, 15) is 4.79 Å². The third kappa shape index (κ3) is 4.60. The van der Waals surface area contributed by atoms with Crippen LogP contribution in [-0.4, -0.2) is 23.4 Å². The van der Waals surface area contributed by atoms with Gasteiger partial charge >= 0.3 is 0 Å². The number of hydrogen-bond acceptors (Lipinski definition) is 3. The monoisotopic (exact) mass is 294 g/mol. The first-order valence-corrected chi connectivity index (χ1v) is 8.55. The van der Waals surface area contributed by atoms with E-state index < -0.39 is 0 Å². The number of nitrogens with zero attached hydrogens (tertiary/aromatic N) is 1. The van der Waals surface area contributed by atoms with Gasteiger partial charge in [-0.2, -0.15) is 11.3 Å². The Labute approximate surface area is 126 Å². The van der Waals surface area contributed by atoms with Crippen molar-refractivity contribution in [3.05, 3.63) is 22.4 Å². The van der Waals surface area contributed by atoms with Crippen LogP contribution in [0.4, 0.5) is 0 Å². The summed E-state index contributed by atoms with van der Waals surface area (Å²) in [5, 5.41) is 4.21. The Balaban J connectivity index is 1.92. The van der Waals surface area contributed by atoms with Crippen LogP contribution in [0.25, 0.3) is 0 Å². The SMILES string of the molecule is CC(C)CC(CN)CC(=O)N(Cc1ccsc1)C1CC1. The number of nitrogens with two attached hydrogens (primary N) is 1. The summed E-state index contributed by atoms with van der Waals surface area (Å²) in [7, 11) is 0. The van der Waals surface area contributed by atoms with Gasteiger partial charge in [-0.1, -0.05) is 13.8 Å². The van der Waals surface area contributed by atoms with Gasteiger partial charge < -0.3 is 10.6 Å². The van der Waals surface area contributed by atoms with E-state index >= 15 is 0 Å². The maximum Gasteiger partial charge on any atom is 0.223 e. The summed E-state index contributed by atoms with van der Waals surface area (Å²) in [6, 6.07) is 2.59. The first-order valence-electron chi connectivity index (χ1n) is 7.60. The van der Waals surface area contributed by atoms with Gasteiger partial charge in [0.2, 0.25) is 5.91 Å². The van der Waals surface area contributed by atoms with Gasteiger partial charge in [0.1, 0.15) is 0 Å². The van der Waals surface area contributed by atoms with Gasteiger partial charge in [0.15, 0.2) is 0 Å². The Morgan fingerprint density at radius 3 is 2.75 bits per heavy atom. The molecule has 112 valence electrons. The highest BCUT2D eigenvalue weighted by Crippen LogP contribution is 2.30. The second-order valence-corrected chi connectivity index (χ2v) is 7.10. The standard InChI is InChI=1S/C16H26N2OS/c1-12(2)7-14(9-17)8-16(19)18(15-3-4-15)10-13-5-6-20-11-13/h5-6,11-12,14-15H,3-4,7-10,17H2,1-2H3. The van der Waals surface area contributed by atoms with Crippen molar-refractivity contribution in [3.8, 4) is 0 Å². The molecule has 1 saturated carbocycles. The van der Waals surface area contributed by atoms with E-state index in [2.05, 4.69) is 35.6 Å². The van der Waals surface area contributed by atoms with Crippen molar-refractivity contribution in [1.82, 2.24) is 4.90 Å². The molecule has 20 heavy (non-hydrogen) atoms. The average molecular weight is 294 g/mol. The molecule has 1 aliphatic carbocycles. The predicted octanol–water partition coefficient (Wildman–Crippen LogP) is 3.25. The molecule has 1 atom stereocenters. The maximum absolute atomic E-state index is 12.6. The molecule has 0 saturated heterocycles. The summed E-state index contributed by atoms with van der Waals surface area (Å²) in [6.45, 7) is 5.77. The van der Waals surface area contributed by atoms with Gasteiger partial charge in [0.25, 0.3) is 0 Å². The van der Waals surface area contributed by atoms with Gasteiger partial charge in [-0.15, -0.1) is 0 Å². The van der Waals surface area contributed by atoms with Gasteiger partial charge in [0.05, 0.1) is 0 Å². The molecule has 1 heterocycles. The largest absolute Gasteiger partial charge is 0.335 e.